The lowest BCUT2D eigenvalue weighted by atomic mass is 10.3. The van der Waals surface area contributed by atoms with Gasteiger partial charge in [0.25, 0.3) is 0 Å². The number of likely N-dealkylation sites (N-methyl/N-ethyl adjacent to an activating group) is 1. The first-order valence-corrected chi connectivity index (χ1v) is 7.64. The predicted molar refractivity (Wildman–Crippen MR) is 84.5 cm³/mol. The number of carbonyl (C=O) groups excluding carboxylic acids is 4. The minimum atomic E-state index is -0.991. The predicted octanol–water partition coefficient (Wildman–Crippen LogP) is 0.646. The summed E-state index contributed by atoms with van der Waals surface area (Å²) in [5.74, 6) is -1.86. The Balaban J connectivity index is 1.75. The molecule has 0 aliphatic carbocycles. The molecule has 1 aromatic carbocycles. The molecule has 0 aromatic heterocycles. The van der Waals surface area contributed by atoms with Crippen molar-refractivity contribution in [3.05, 3.63) is 29.3 Å². The minimum absolute atomic E-state index is 0.0798. The van der Waals surface area contributed by atoms with E-state index in [4.69, 9.17) is 16.3 Å². The van der Waals surface area contributed by atoms with Crippen molar-refractivity contribution in [1.29, 1.82) is 0 Å². The van der Waals surface area contributed by atoms with Crippen LogP contribution in [0.4, 0.5) is 4.79 Å². The van der Waals surface area contributed by atoms with Crippen LogP contribution in [0.15, 0.2) is 24.3 Å². The van der Waals surface area contributed by atoms with Crippen LogP contribution in [0.3, 0.4) is 0 Å². The largest absolute Gasteiger partial charge is 0.492 e. The normalized spacial score (nSPS) is 14.3. The van der Waals surface area contributed by atoms with Crippen molar-refractivity contribution >= 4 is 35.4 Å². The first kappa shape index (κ1) is 17.7. The van der Waals surface area contributed by atoms with E-state index >= 15 is 0 Å². The third kappa shape index (κ3) is 4.02. The summed E-state index contributed by atoms with van der Waals surface area (Å²) in [4.78, 5) is 48.2. The van der Waals surface area contributed by atoms with E-state index in [1.54, 1.807) is 31.2 Å². The van der Waals surface area contributed by atoms with Gasteiger partial charge in [0.2, 0.25) is 5.91 Å². The summed E-state index contributed by atoms with van der Waals surface area (Å²) in [6.07, 6.45) is 0. The van der Waals surface area contributed by atoms with E-state index in [-0.39, 0.29) is 19.7 Å². The molecule has 0 unspecified atom stereocenters. The van der Waals surface area contributed by atoms with Gasteiger partial charge in [0.1, 0.15) is 18.9 Å². The van der Waals surface area contributed by atoms with Gasteiger partial charge in [-0.25, -0.2) is 9.69 Å². The highest BCUT2D eigenvalue weighted by molar-refractivity contribution is 6.45. The molecule has 1 heterocycles. The van der Waals surface area contributed by atoms with Gasteiger partial charge >= 0.3 is 17.8 Å². The third-order valence-corrected chi connectivity index (χ3v) is 3.51. The third-order valence-electron chi connectivity index (χ3n) is 3.26. The molecule has 1 aromatic rings. The maximum Gasteiger partial charge on any atom is 0.334 e. The van der Waals surface area contributed by atoms with Gasteiger partial charge in [-0.05, 0) is 31.2 Å². The fourth-order valence-electron chi connectivity index (χ4n) is 2.06. The van der Waals surface area contributed by atoms with E-state index in [0.29, 0.717) is 15.7 Å². The maximum atomic E-state index is 11.8. The van der Waals surface area contributed by atoms with Gasteiger partial charge in [-0.2, -0.15) is 0 Å². The minimum Gasteiger partial charge on any atom is -0.492 e. The Morgan fingerprint density at radius 1 is 1.12 bits per heavy atom. The number of halogens is 1. The second kappa shape index (κ2) is 7.78. The van der Waals surface area contributed by atoms with E-state index in [1.807, 2.05) is 0 Å². The van der Waals surface area contributed by atoms with E-state index in [9.17, 15) is 19.2 Å². The van der Waals surface area contributed by atoms with Crippen LogP contribution < -0.4 is 10.1 Å². The molecule has 128 valence electrons. The summed E-state index contributed by atoms with van der Waals surface area (Å²) in [7, 11) is 0. The van der Waals surface area contributed by atoms with E-state index < -0.39 is 30.3 Å². The van der Waals surface area contributed by atoms with Crippen molar-refractivity contribution in [2.75, 3.05) is 26.2 Å². The molecule has 24 heavy (non-hydrogen) atoms. The van der Waals surface area contributed by atoms with Crippen molar-refractivity contribution in [3.63, 3.8) is 0 Å². The molecule has 9 heteroatoms. The SMILES string of the molecule is CCN1C(=O)C(=O)N(CC(=O)NCCOc2ccc(Cl)cc2)C1=O. The molecule has 0 bridgehead atoms. The zero-order chi connectivity index (χ0) is 17.7. The number of benzene rings is 1. The quantitative estimate of drug-likeness (QED) is 0.441. The smallest absolute Gasteiger partial charge is 0.334 e. The first-order valence-electron chi connectivity index (χ1n) is 7.26. The number of nitrogens with one attached hydrogen (secondary N) is 1. The highest BCUT2D eigenvalue weighted by Gasteiger charge is 2.44. The zero-order valence-electron chi connectivity index (χ0n) is 13.0. The number of imide groups is 2. The highest BCUT2D eigenvalue weighted by Crippen LogP contribution is 2.15. The molecule has 1 saturated heterocycles. The molecule has 0 spiro atoms. The van der Waals surface area contributed by atoms with Crippen LogP contribution in [-0.2, 0) is 14.4 Å². The second-order valence-electron chi connectivity index (χ2n) is 4.88. The molecule has 1 aliphatic heterocycles. The fourth-order valence-corrected chi connectivity index (χ4v) is 2.18. The number of rotatable bonds is 7. The van der Waals surface area contributed by atoms with Gasteiger partial charge in [0, 0.05) is 11.6 Å². The molecule has 1 aliphatic rings. The Labute approximate surface area is 143 Å². The van der Waals surface area contributed by atoms with Crippen LogP contribution in [-0.4, -0.2) is 59.8 Å². The van der Waals surface area contributed by atoms with E-state index in [1.165, 1.54) is 0 Å². The Bertz CT molecular complexity index is 662. The number of amides is 5. The number of urea groups is 1. The summed E-state index contributed by atoms with van der Waals surface area (Å²) in [6, 6.07) is 5.96. The first-order chi connectivity index (χ1) is 11.4. The molecule has 0 saturated carbocycles. The standard InChI is InChI=1S/C15H16ClN3O5/c1-2-18-13(21)14(22)19(15(18)23)9-12(20)17-7-8-24-11-5-3-10(16)4-6-11/h3-6H,2,7-9H2,1H3,(H,17,20). The zero-order valence-corrected chi connectivity index (χ0v) is 13.7. The summed E-state index contributed by atoms with van der Waals surface area (Å²) in [5.41, 5.74) is 0. The van der Waals surface area contributed by atoms with E-state index in [0.717, 1.165) is 4.90 Å². The number of hydrogen-bond acceptors (Lipinski definition) is 5. The Morgan fingerprint density at radius 3 is 2.33 bits per heavy atom. The lowest BCUT2D eigenvalue weighted by Gasteiger charge is -2.14. The summed E-state index contributed by atoms with van der Waals surface area (Å²) in [5, 5.41) is 3.10. The molecular weight excluding hydrogens is 338 g/mol. The molecule has 1 fully saturated rings. The molecule has 2 rings (SSSR count). The second-order valence-corrected chi connectivity index (χ2v) is 5.31. The molecule has 0 atom stereocenters. The molecule has 8 nitrogen and oxygen atoms in total. The van der Waals surface area contributed by atoms with Crippen LogP contribution in [0, 0.1) is 0 Å². The van der Waals surface area contributed by atoms with Crippen molar-refractivity contribution < 1.29 is 23.9 Å². The van der Waals surface area contributed by atoms with Crippen LogP contribution in [0.1, 0.15) is 6.92 Å². The van der Waals surface area contributed by atoms with Crippen LogP contribution >= 0.6 is 11.6 Å². The molecule has 5 amide bonds. The van der Waals surface area contributed by atoms with Crippen LogP contribution in [0.5, 0.6) is 5.75 Å². The number of nitrogens with zero attached hydrogens (tertiary/aromatic N) is 2. The van der Waals surface area contributed by atoms with Crippen LogP contribution in [0.2, 0.25) is 5.02 Å². The summed E-state index contributed by atoms with van der Waals surface area (Å²) in [6.45, 7) is 1.54. The van der Waals surface area contributed by atoms with Gasteiger partial charge in [0.05, 0.1) is 6.54 Å². The Hall–Kier alpha value is -2.61. The monoisotopic (exact) mass is 353 g/mol. The number of carbonyl (C=O) groups is 4. The topological polar surface area (TPSA) is 96.0 Å². The van der Waals surface area contributed by atoms with Crippen molar-refractivity contribution in [3.8, 4) is 5.75 Å². The maximum absolute atomic E-state index is 11.8. The number of ether oxygens (including phenoxy) is 1. The lowest BCUT2D eigenvalue weighted by Crippen LogP contribution is -2.42. The average molecular weight is 354 g/mol. The number of hydrogen-bond donors (Lipinski definition) is 1. The summed E-state index contributed by atoms with van der Waals surface area (Å²) >= 11 is 5.75. The van der Waals surface area contributed by atoms with Crippen molar-refractivity contribution in [2.45, 2.75) is 6.92 Å². The average Bonchev–Trinajstić information content (AvgIpc) is 2.76. The van der Waals surface area contributed by atoms with Gasteiger partial charge in [-0.15, -0.1) is 0 Å². The molecule has 0 radical (unpaired) electrons. The highest BCUT2D eigenvalue weighted by atomic mass is 35.5. The van der Waals surface area contributed by atoms with Gasteiger partial charge in [-0.1, -0.05) is 11.6 Å². The fraction of sp³-hybridized carbons (Fsp3) is 0.333. The van der Waals surface area contributed by atoms with Crippen LogP contribution in [0.25, 0.3) is 0 Å². The lowest BCUT2D eigenvalue weighted by molar-refractivity contribution is -0.143. The van der Waals surface area contributed by atoms with Gasteiger partial charge < -0.3 is 10.1 Å². The van der Waals surface area contributed by atoms with Gasteiger partial charge in [0.15, 0.2) is 0 Å². The Morgan fingerprint density at radius 2 is 1.75 bits per heavy atom. The molecular formula is C15H16ClN3O5. The summed E-state index contributed by atoms with van der Waals surface area (Å²) < 4.78 is 5.39. The van der Waals surface area contributed by atoms with Crippen molar-refractivity contribution in [2.24, 2.45) is 0 Å². The van der Waals surface area contributed by atoms with Crippen molar-refractivity contribution in [1.82, 2.24) is 15.1 Å². The Kier molecular flexibility index (Phi) is 5.75. The molecule has 1 N–H and O–H groups in total. The van der Waals surface area contributed by atoms with Gasteiger partial charge in [-0.3, -0.25) is 19.3 Å². The van der Waals surface area contributed by atoms with E-state index in [2.05, 4.69) is 5.32 Å².